The quantitative estimate of drug-likeness (QED) is 0.0614. The molecule has 1 aromatic heterocycles. The van der Waals surface area contributed by atoms with E-state index in [-0.39, 0.29) is 121 Å². The van der Waals surface area contributed by atoms with E-state index in [0.717, 1.165) is 30.3 Å². The van der Waals surface area contributed by atoms with Crippen molar-refractivity contribution in [1.29, 1.82) is 0 Å². The minimum atomic E-state index is -5.46. The molecule has 0 fully saturated rings. The van der Waals surface area contributed by atoms with Gasteiger partial charge in [-0.3, -0.25) is 4.18 Å². The molecule has 0 aliphatic rings. The maximum atomic E-state index is 12.4. The van der Waals surface area contributed by atoms with Crippen molar-refractivity contribution in [3.05, 3.63) is 53.0 Å². The number of phenolic OH excluding ortho intramolecular Hbond substituents is 1. The second kappa shape index (κ2) is 18.3. The molecule has 0 amide bonds. The van der Waals surface area contributed by atoms with Crippen LogP contribution in [-0.2, 0) is 44.7 Å². The molecule has 0 aliphatic heterocycles. The molecular formula is C21H13Cl2KN6Na2O13S4. The van der Waals surface area contributed by atoms with Gasteiger partial charge >= 0.3 is 110 Å². The molecule has 0 saturated carbocycles. The molecule has 2 N–H and O–H groups in total. The molecule has 0 atom stereocenters. The van der Waals surface area contributed by atoms with E-state index in [1.54, 1.807) is 0 Å². The zero-order valence-corrected chi connectivity index (χ0v) is 36.8. The molecule has 0 unspecified atom stereocenters. The zero-order chi connectivity index (χ0) is 34.2. The van der Waals surface area contributed by atoms with Gasteiger partial charge in [-0.2, -0.15) is 20.1 Å². The van der Waals surface area contributed by atoms with E-state index in [9.17, 15) is 52.4 Å². The molecule has 3 aromatic carbocycles. The number of nitrogens with one attached hydrogen (secondary N) is 1. The molecule has 0 radical (unpaired) electrons. The van der Waals surface area contributed by atoms with Gasteiger partial charge in [-0.15, -0.1) is 5.11 Å². The molecule has 4 aromatic rings. The summed E-state index contributed by atoms with van der Waals surface area (Å²) in [6.45, 7) is -0.949. The Kier molecular flexibility index (Phi) is 17.6. The van der Waals surface area contributed by atoms with E-state index in [1.807, 2.05) is 0 Å². The molecule has 19 nitrogen and oxygen atoms in total. The van der Waals surface area contributed by atoms with Gasteiger partial charge in [-0.05, 0) is 71.1 Å². The van der Waals surface area contributed by atoms with E-state index in [4.69, 9.17) is 23.2 Å². The van der Waals surface area contributed by atoms with Crippen LogP contribution in [0.25, 0.3) is 10.8 Å². The van der Waals surface area contributed by atoms with Crippen LogP contribution in [0.5, 0.6) is 5.75 Å². The Morgan fingerprint density at radius 1 is 0.796 bits per heavy atom. The van der Waals surface area contributed by atoms with Crippen LogP contribution < -0.4 is 116 Å². The maximum absolute atomic E-state index is 12.4. The number of aromatic nitrogens is 3. The fraction of sp³-hybridized carbons (Fsp3) is 0.0952. The van der Waals surface area contributed by atoms with Crippen molar-refractivity contribution in [2.24, 2.45) is 10.2 Å². The van der Waals surface area contributed by atoms with Crippen LogP contribution in [0.3, 0.4) is 0 Å². The zero-order valence-electron chi connectivity index (χ0n) is 24.9. The molecular weight excluding hydrogens is 829 g/mol. The third-order valence-corrected chi connectivity index (χ3v) is 9.70. The predicted octanol–water partition coefficient (Wildman–Crippen LogP) is -6.73. The third kappa shape index (κ3) is 12.8. The van der Waals surface area contributed by atoms with E-state index in [1.165, 1.54) is 0 Å². The van der Waals surface area contributed by atoms with Crippen molar-refractivity contribution >= 4 is 97.5 Å². The Morgan fingerprint density at radius 2 is 1.37 bits per heavy atom. The van der Waals surface area contributed by atoms with Gasteiger partial charge in [0.1, 0.15) is 25.9 Å². The summed E-state index contributed by atoms with van der Waals surface area (Å²) in [5.41, 5.74) is -1.51. The maximum Gasteiger partial charge on any atom is 1.00 e. The molecule has 4 rings (SSSR count). The average molecular weight is 842 g/mol. The first-order valence-electron chi connectivity index (χ1n) is 11.6. The van der Waals surface area contributed by atoms with Gasteiger partial charge in [0.2, 0.25) is 26.9 Å². The first kappa shape index (κ1) is 47.0. The van der Waals surface area contributed by atoms with Crippen molar-refractivity contribution < 1.29 is 167 Å². The number of nitrogens with zero attached hydrogens (tertiary/aromatic N) is 5. The van der Waals surface area contributed by atoms with Crippen molar-refractivity contribution in [3.8, 4) is 5.75 Å². The number of anilines is 2. The molecule has 1 heterocycles. The van der Waals surface area contributed by atoms with Gasteiger partial charge in [0, 0.05) is 5.39 Å². The number of sulfone groups is 1. The summed E-state index contributed by atoms with van der Waals surface area (Å²) in [7, 11) is -19.9. The van der Waals surface area contributed by atoms with Gasteiger partial charge < -0.3 is 24.1 Å². The summed E-state index contributed by atoms with van der Waals surface area (Å²) in [6, 6.07) is 6.17. The summed E-state index contributed by atoms with van der Waals surface area (Å²) in [6.07, 6.45) is 0. The first-order chi connectivity index (χ1) is 21.1. The van der Waals surface area contributed by atoms with E-state index in [2.05, 4.69) is 34.7 Å². The van der Waals surface area contributed by atoms with Crippen LogP contribution >= 0.6 is 23.2 Å². The van der Waals surface area contributed by atoms with E-state index >= 15 is 0 Å². The molecule has 0 bridgehead atoms. The van der Waals surface area contributed by atoms with Crippen LogP contribution in [0.4, 0.5) is 23.0 Å². The van der Waals surface area contributed by atoms with Gasteiger partial charge in [-0.1, -0.05) is 0 Å². The van der Waals surface area contributed by atoms with E-state index in [0.29, 0.717) is 12.1 Å². The van der Waals surface area contributed by atoms with Gasteiger partial charge in [0.05, 0.1) is 38.4 Å². The Bertz CT molecular complexity index is 2340. The fourth-order valence-corrected chi connectivity index (χ4v) is 6.71. The van der Waals surface area contributed by atoms with Gasteiger partial charge in [-0.25, -0.2) is 33.7 Å². The number of azo groups is 1. The second-order valence-electron chi connectivity index (χ2n) is 8.61. The SMILES string of the molecule is O=S(=O)([O-])OCCS(=O)(=O)c1ccc(N=Nc2c(S(=O)(=O)[O-])cc3cc(S(=O)(=O)[O-])cc(Nc4nc(Cl)nc(Cl)n4)c3c2O)cc1.[K+].[Na+].[Na+]. The number of fused-ring (bicyclic) bond motifs is 1. The standard InChI is InChI=1S/C21H16Cl2N6O13S4.K.2Na/c22-19-25-20(23)27-21(26-19)24-14-9-13(44(33,34)35)7-10-8-15(45(36,37)38)17(18(30)16(10)14)29-28-11-1-3-12(4-2-11)43(31,32)6-5-42-46(39,40)41;;;/h1-4,7-9,30H,5-6H2,(H,33,34,35)(H,36,37,38)(H,39,40,41)(H,24,25,26,27);;;/q;3*+1/p-3. The molecule has 0 saturated heterocycles. The van der Waals surface area contributed by atoms with Gasteiger partial charge in [0.15, 0.2) is 15.6 Å². The Labute approximate surface area is 375 Å². The number of hydrogen-bond acceptors (Lipinski definition) is 19. The summed E-state index contributed by atoms with van der Waals surface area (Å²) >= 11 is 11.5. The summed E-state index contributed by atoms with van der Waals surface area (Å²) < 4.78 is 132. The average Bonchev–Trinajstić information content (AvgIpc) is 2.90. The predicted molar refractivity (Wildman–Crippen MR) is 153 cm³/mol. The van der Waals surface area contributed by atoms with Crippen molar-refractivity contribution in [3.63, 3.8) is 0 Å². The molecule has 246 valence electrons. The van der Waals surface area contributed by atoms with Crippen LogP contribution in [0.2, 0.25) is 10.6 Å². The van der Waals surface area contributed by atoms with E-state index < -0.39 is 107 Å². The number of rotatable bonds is 11. The van der Waals surface area contributed by atoms with Gasteiger partial charge in [0.25, 0.3) is 0 Å². The fourth-order valence-electron chi connectivity index (χ4n) is 3.68. The number of halogens is 2. The molecule has 0 aliphatic carbocycles. The number of aromatic hydroxyl groups is 1. The minimum absolute atomic E-state index is 0. The topological polar surface area (TPSA) is 311 Å². The molecule has 28 heteroatoms. The van der Waals surface area contributed by atoms with Crippen LogP contribution in [0.1, 0.15) is 0 Å². The molecule has 0 spiro atoms. The normalized spacial score (nSPS) is 12.2. The van der Waals surface area contributed by atoms with Crippen molar-refractivity contribution in [2.45, 2.75) is 14.7 Å². The second-order valence-corrected chi connectivity index (χ2v) is 15.2. The number of phenols is 1. The Balaban J connectivity index is 0.00000400. The largest absolute Gasteiger partial charge is 1.00 e. The van der Waals surface area contributed by atoms with Crippen LogP contribution in [-0.4, -0.2) is 79.7 Å². The van der Waals surface area contributed by atoms with Crippen LogP contribution in [0, 0.1) is 0 Å². The number of hydrogen-bond donors (Lipinski definition) is 2. The minimum Gasteiger partial charge on any atom is -0.744 e. The number of benzene rings is 3. The molecule has 49 heavy (non-hydrogen) atoms. The van der Waals surface area contributed by atoms with Crippen molar-refractivity contribution in [1.82, 2.24) is 15.0 Å². The smallest absolute Gasteiger partial charge is 0.744 e. The monoisotopic (exact) mass is 840 g/mol. The third-order valence-electron chi connectivity index (χ3n) is 5.55. The summed E-state index contributed by atoms with van der Waals surface area (Å²) in [5, 5.41) is 19.3. The van der Waals surface area contributed by atoms with Crippen molar-refractivity contribution in [2.75, 3.05) is 17.7 Å². The Morgan fingerprint density at radius 3 is 1.88 bits per heavy atom. The van der Waals surface area contributed by atoms with Crippen LogP contribution in [0.15, 0.2) is 67.4 Å². The Hall–Kier alpha value is -0.0136. The summed E-state index contributed by atoms with van der Waals surface area (Å²) in [4.78, 5) is 8.52. The summed E-state index contributed by atoms with van der Waals surface area (Å²) in [5.74, 6) is -2.34. The first-order valence-corrected chi connectivity index (χ1v) is 18.1.